The number of alkyl halides is 4. The number of ether oxygens (including phenoxy) is 3. The van der Waals surface area contributed by atoms with Crippen molar-refractivity contribution in [1.82, 2.24) is 9.97 Å². The normalized spacial score (nSPS) is 12.2. The number of unbranched alkanes of at least 4 members (excludes halogenated alkanes) is 10. The number of benzene rings is 1. The summed E-state index contributed by atoms with van der Waals surface area (Å²) in [7, 11) is 0. The SMILES string of the molecule is CCCCCCCCCCc1cnc(-c2ccc(OC(F)(F)C(F)(F)OCCOCCCCCC)cc2)nc1. The summed E-state index contributed by atoms with van der Waals surface area (Å²) in [6, 6.07) is 5.25. The number of aryl methyl sites for hydroxylation is 1. The Labute approximate surface area is 230 Å². The van der Waals surface area contributed by atoms with Crippen LogP contribution >= 0.6 is 0 Å². The minimum absolute atomic E-state index is 0.204. The zero-order valence-electron chi connectivity index (χ0n) is 23.4. The van der Waals surface area contributed by atoms with Crippen molar-refractivity contribution in [2.75, 3.05) is 19.8 Å². The second-order valence-corrected chi connectivity index (χ2v) is 9.82. The summed E-state index contributed by atoms with van der Waals surface area (Å²) in [5.41, 5.74) is 1.59. The molecule has 0 unspecified atom stereocenters. The zero-order valence-corrected chi connectivity index (χ0v) is 23.4. The molecule has 1 aromatic carbocycles. The lowest BCUT2D eigenvalue weighted by molar-refractivity contribution is -0.408. The van der Waals surface area contributed by atoms with E-state index in [0.717, 1.165) is 44.1 Å². The largest absolute Gasteiger partial charge is 0.494 e. The van der Waals surface area contributed by atoms with Crippen LogP contribution in [0.4, 0.5) is 17.6 Å². The first kappa shape index (κ1) is 32.9. The van der Waals surface area contributed by atoms with Crippen LogP contribution in [0, 0.1) is 0 Å². The highest BCUT2D eigenvalue weighted by molar-refractivity contribution is 5.55. The summed E-state index contributed by atoms with van der Waals surface area (Å²) < 4.78 is 69.8. The summed E-state index contributed by atoms with van der Waals surface area (Å²) >= 11 is 0. The van der Waals surface area contributed by atoms with Gasteiger partial charge in [-0.05, 0) is 49.1 Å². The molecule has 0 aliphatic carbocycles. The third kappa shape index (κ3) is 12.6. The second kappa shape index (κ2) is 18.2. The van der Waals surface area contributed by atoms with Gasteiger partial charge in [-0.2, -0.15) is 17.6 Å². The Balaban J connectivity index is 1.75. The summed E-state index contributed by atoms with van der Waals surface area (Å²) in [6.45, 7) is 3.78. The van der Waals surface area contributed by atoms with E-state index >= 15 is 0 Å². The van der Waals surface area contributed by atoms with E-state index in [1.165, 1.54) is 69.2 Å². The average Bonchev–Trinajstić information content (AvgIpc) is 2.92. The van der Waals surface area contributed by atoms with Crippen LogP contribution in [-0.2, 0) is 15.9 Å². The maximum atomic E-state index is 14.1. The lowest BCUT2D eigenvalue weighted by atomic mass is 10.1. The topological polar surface area (TPSA) is 53.5 Å². The molecule has 0 atom stereocenters. The fraction of sp³-hybridized carbons (Fsp3) is 0.667. The molecule has 1 heterocycles. The smallest absolute Gasteiger partial charge is 0.426 e. The maximum absolute atomic E-state index is 14.1. The van der Waals surface area contributed by atoms with Crippen LogP contribution < -0.4 is 4.74 Å². The molecule has 5 nitrogen and oxygen atoms in total. The van der Waals surface area contributed by atoms with Crippen LogP contribution in [0.15, 0.2) is 36.7 Å². The van der Waals surface area contributed by atoms with Crippen molar-refractivity contribution >= 4 is 0 Å². The number of nitrogens with zero attached hydrogens (tertiary/aromatic N) is 2. The van der Waals surface area contributed by atoms with Gasteiger partial charge >= 0.3 is 12.2 Å². The minimum Gasteiger partial charge on any atom is -0.426 e. The van der Waals surface area contributed by atoms with Gasteiger partial charge in [0.15, 0.2) is 5.82 Å². The Morgan fingerprint density at radius 2 is 1.21 bits per heavy atom. The third-order valence-electron chi connectivity index (χ3n) is 6.37. The predicted octanol–water partition coefficient (Wildman–Crippen LogP) is 9.00. The van der Waals surface area contributed by atoms with E-state index in [1.807, 2.05) is 0 Å². The molecule has 2 rings (SSSR count). The van der Waals surface area contributed by atoms with Gasteiger partial charge in [0.1, 0.15) is 5.75 Å². The Morgan fingerprint density at radius 3 is 1.82 bits per heavy atom. The molecule has 0 aliphatic rings. The van der Waals surface area contributed by atoms with Crippen molar-refractivity contribution in [1.29, 1.82) is 0 Å². The molecule has 2 aromatic rings. The van der Waals surface area contributed by atoms with E-state index < -0.39 is 24.6 Å². The molecule has 39 heavy (non-hydrogen) atoms. The molecule has 220 valence electrons. The molecule has 9 heteroatoms. The van der Waals surface area contributed by atoms with Gasteiger partial charge in [0.2, 0.25) is 0 Å². The molecule has 0 N–H and O–H groups in total. The molecule has 0 spiro atoms. The number of rotatable bonds is 22. The maximum Gasteiger partial charge on any atom is 0.494 e. The van der Waals surface area contributed by atoms with Crippen molar-refractivity contribution in [3.05, 3.63) is 42.2 Å². The summed E-state index contributed by atoms with van der Waals surface area (Å²) in [5, 5.41) is 0. The Hall–Kier alpha value is -2.26. The molecule has 0 radical (unpaired) electrons. The highest BCUT2D eigenvalue weighted by atomic mass is 19.3. The van der Waals surface area contributed by atoms with Crippen LogP contribution in [0.1, 0.15) is 96.5 Å². The van der Waals surface area contributed by atoms with Crippen molar-refractivity contribution in [3.8, 4) is 17.1 Å². The van der Waals surface area contributed by atoms with Crippen LogP contribution in [0.5, 0.6) is 5.75 Å². The molecule has 0 amide bonds. The van der Waals surface area contributed by atoms with E-state index in [2.05, 4.69) is 33.3 Å². The number of halogens is 4. The third-order valence-corrected chi connectivity index (χ3v) is 6.37. The molecule has 0 bridgehead atoms. The molecular formula is C30H44F4N2O3. The quantitative estimate of drug-likeness (QED) is 0.107. The van der Waals surface area contributed by atoms with Gasteiger partial charge in [-0.15, -0.1) is 0 Å². The molecule has 1 aromatic heterocycles. The van der Waals surface area contributed by atoms with Crippen LogP contribution in [0.2, 0.25) is 0 Å². The first-order valence-electron chi connectivity index (χ1n) is 14.4. The molecule has 0 saturated carbocycles. The van der Waals surface area contributed by atoms with E-state index in [-0.39, 0.29) is 6.61 Å². The monoisotopic (exact) mass is 556 g/mol. The standard InChI is InChI=1S/C30H44F4N2O3/c1-3-5-7-9-10-11-12-13-15-25-23-35-28(36-24-25)26-16-18-27(19-17-26)39-30(33,34)29(31,32)38-22-21-37-20-14-8-6-4-2/h16-19,23-24H,3-15,20-22H2,1-2H3. The van der Waals surface area contributed by atoms with Gasteiger partial charge in [-0.25, -0.2) is 9.97 Å². The number of hydrogen-bond donors (Lipinski definition) is 0. The van der Waals surface area contributed by atoms with Gasteiger partial charge in [0.05, 0.1) is 13.2 Å². The summed E-state index contributed by atoms with van der Waals surface area (Å²) in [5.74, 6) is -0.0122. The first-order valence-corrected chi connectivity index (χ1v) is 14.4. The molecule has 0 saturated heterocycles. The molecular weight excluding hydrogens is 512 g/mol. The van der Waals surface area contributed by atoms with E-state index in [9.17, 15) is 17.6 Å². The Bertz CT molecular complexity index is 896. The molecule has 0 aliphatic heterocycles. The first-order chi connectivity index (χ1) is 18.8. The zero-order chi connectivity index (χ0) is 28.4. The van der Waals surface area contributed by atoms with Crippen LogP contribution in [0.25, 0.3) is 11.4 Å². The fourth-order valence-corrected chi connectivity index (χ4v) is 4.02. The highest BCUT2D eigenvalue weighted by Crippen LogP contribution is 2.37. The second-order valence-electron chi connectivity index (χ2n) is 9.82. The fourth-order valence-electron chi connectivity index (χ4n) is 4.02. The van der Waals surface area contributed by atoms with E-state index in [1.54, 1.807) is 12.4 Å². The Kier molecular flexibility index (Phi) is 15.3. The highest BCUT2D eigenvalue weighted by Gasteiger charge is 2.61. The van der Waals surface area contributed by atoms with Crippen molar-refractivity contribution in [3.63, 3.8) is 0 Å². The average molecular weight is 557 g/mol. The molecule has 0 fully saturated rings. The van der Waals surface area contributed by atoms with Crippen LogP contribution in [0.3, 0.4) is 0 Å². The van der Waals surface area contributed by atoms with Crippen LogP contribution in [-0.4, -0.2) is 42.0 Å². The minimum atomic E-state index is -4.86. The van der Waals surface area contributed by atoms with Crippen molar-refractivity contribution < 1.29 is 31.8 Å². The van der Waals surface area contributed by atoms with Gasteiger partial charge in [-0.1, -0.05) is 78.1 Å². The van der Waals surface area contributed by atoms with E-state index in [0.29, 0.717) is 18.0 Å². The van der Waals surface area contributed by atoms with Crippen molar-refractivity contribution in [2.45, 2.75) is 110 Å². The Morgan fingerprint density at radius 1 is 0.641 bits per heavy atom. The van der Waals surface area contributed by atoms with Gasteiger partial charge < -0.3 is 14.2 Å². The lowest BCUT2D eigenvalue weighted by Gasteiger charge is -2.26. The van der Waals surface area contributed by atoms with Gasteiger partial charge in [0, 0.05) is 24.6 Å². The van der Waals surface area contributed by atoms with Gasteiger partial charge in [-0.3, -0.25) is 0 Å². The van der Waals surface area contributed by atoms with E-state index in [4.69, 9.17) is 4.74 Å². The summed E-state index contributed by atoms with van der Waals surface area (Å²) in [4.78, 5) is 8.72. The number of hydrogen-bond acceptors (Lipinski definition) is 5. The number of aromatic nitrogens is 2. The predicted molar refractivity (Wildman–Crippen MR) is 145 cm³/mol. The summed E-state index contributed by atoms with van der Waals surface area (Å²) in [6.07, 6.45) is 8.58. The van der Waals surface area contributed by atoms with Crippen molar-refractivity contribution in [2.24, 2.45) is 0 Å². The lowest BCUT2D eigenvalue weighted by Crippen LogP contribution is -2.47. The van der Waals surface area contributed by atoms with Gasteiger partial charge in [0.25, 0.3) is 0 Å².